The highest BCUT2D eigenvalue weighted by Gasteiger charge is 2.25. The molecule has 0 aliphatic heterocycles. The van der Waals surface area contributed by atoms with Crippen molar-refractivity contribution >= 4 is 11.9 Å². The molecule has 0 heterocycles. The number of hydrogen-bond acceptors (Lipinski definition) is 4. The zero-order chi connectivity index (χ0) is 15.3. The fraction of sp³-hybridized carbons (Fsp3) is 0.375. The lowest BCUT2D eigenvalue weighted by atomic mass is 9.91. The van der Waals surface area contributed by atoms with Crippen molar-refractivity contribution in [3.8, 4) is 0 Å². The van der Waals surface area contributed by atoms with E-state index in [1.165, 1.54) is 19.2 Å². The van der Waals surface area contributed by atoms with Crippen molar-refractivity contribution in [2.45, 2.75) is 24.9 Å². The molecule has 1 atom stereocenters. The van der Waals surface area contributed by atoms with Crippen molar-refractivity contribution in [2.75, 3.05) is 13.7 Å². The molecule has 0 spiro atoms. The summed E-state index contributed by atoms with van der Waals surface area (Å²) in [7, 11) is 1.31. The van der Waals surface area contributed by atoms with E-state index in [1.807, 2.05) is 6.08 Å². The summed E-state index contributed by atoms with van der Waals surface area (Å²) in [5.74, 6) is -0.720. The Kier molecular flexibility index (Phi) is 4.75. The molecule has 0 fully saturated rings. The Morgan fingerprint density at radius 2 is 1.95 bits per heavy atom. The average Bonchev–Trinajstić information content (AvgIpc) is 2.53. The number of esters is 1. The summed E-state index contributed by atoms with van der Waals surface area (Å²) < 4.78 is 4.60. The molecule has 2 N–H and O–H groups in total. The minimum Gasteiger partial charge on any atom is -0.465 e. The summed E-state index contributed by atoms with van der Waals surface area (Å²) >= 11 is 0. The molecule has 112 valence electrons. The lowest BCUT2D eigenvalue weighted by molar-refractivity contribution is 0.0600. The molecule has 1 aromatic carbocycles. The minimum atomic E-state index is -0.958. The number of carbonyl (C=O) groups excluding carboxylic acids is 2. The van der Waals surface area contributed by atoms with Gasteiger partial charge in [-0.05, 0) is 43.5 Å². The van der Waals surface area contributed by atoms with Gasteiger partial charge in [0, 0.05) is 5.56 Å². The fourth-order valence-electron chi connectivity index (χ4n) is 2.27. The number of benzene rings is 1. The van der Waals surface area contributed by atoms with Crippen LogP contribution in [0.2, 0.25) is 0 Å². The highest BCUT2D eigenvalue weighted by molar-refractivity contribution is 5.96. The van der Waals surface area contributed by atoms with Gasteiger partial charge in [0.25, 0.3) is 5.91 Å². The fourth-order valence-corrected chi connectivity index (χ4v) is 2.27. The first-order valence-corrected chi connectivity index (χ1v) is 6.91. The third kappa shape index (κ3) is 3.92. The van der Waals surface area contributed by atoms with E-state index < -0.39 is 11.6 Å². The van der Waals surface area contributed by atoms with E-state index in [2.05, 4.69) is 10.1 Å². The van der Waals surface area contributed by atoms with Gasteiger partial charge < -0.3 is 15.2 Å². The molecule has 1 amide bonds. The number of ether oxygens (including phenoxy) is 1. The first-order valence-electron chi connectivity index (χ1n) is 6.91. The molecule has 0 radical (unpaired) electrons. The summed E-state index contributed by atoms with van der Waals surface area (Å²) in [6.45, 7) is 0.182. The quantitative estimate of drug-likeness (QED) is 0.653. The van der Waals surface area contributed by atoms with Gasteiger partial charge in [0.15, 0.2) is 0 Å². The summed E-state index contributed by atoms with van der Waals surface area (Å²) in [5.41, 5.74) is -0.131. The first kappa shape index (κ1) is 15.3. The number of allylic oxidation sites excluding steroid dienone is 1. The molecule has 1 aliphatic rings. The number of carbonyl (C=O) groups is 2. The van der Waals surface area contributed by atoms with E-state index in [1.54, 1.807) is 18.2 Å². The third-order valence-electron chi connectivity index (χ3n) is 3.53. The third-order valence-corrected chi connectivity index (χ3v) is 3.53. The topological polar surface area (TPSA) is 75.6 Å². The molecule has 0 saturated heterocycles. The maximum absolute atomic E-state index is 12.0. The van der Waals surface area contributed by atoms with E-state index >= 15 is 0 Å². The van der Waals surface area contributed by atoms with Gasteiger partial charge in [-0.1, -0.05) is 12.2 Å². The Hall–Kier alpha value is -2.14. The molecule has 1 aromatic rings. The SMILES string of the molecule is COC(=O)c1ccc(C(=O)NCC2(O)C=CCCC2)cc1. The molecular formula is C16H19NO4. The van der Waals surface area contributed by atoms with E-state index in [-0.39, 0.29) is 12.5 Å². The van der Waals surface area contributed by atoms with E-state index in [0.717, 1.165) is 12.8 Å². The zero-order valence-electron chi connectivity index (χ0n) is 12.0. The monoisotopic (exact) mass is 289 g/mol. The van der Waals surface area contributed by atoms with E-state index in [4.69, 9.17) is 0 Å². The second-order valence-corrected chi connectivity index (χ2v) is 5.15. The van der Waals surface area contributed by atoms with Gasteiger partial charge in [0.1, 0.15) is 0 Å². The maximum Gasteiger partial charge on any atom is 0.337 e. The number of nitrogens with one attached hydrogen (secondary N) is 1. The standard InChI is InChI=1S/C16H19NO4/c1-21-15(19)13-7-5-12(6-8-13)14(18)17-11-16(20)9-3-2-4-10-16/h3,5-9,20H,2,4,10-11H2,1H3,(H,17,18). The van der Waals surface area contributed by atoms with Crippen LogP contribution >= 0.6 is 0 Å². The van der Waals surface area contributed by atoms with E-state index in [0.29, 0.717) is 17.5 Å². The molecular weight excluding hydrogens is 270 g/mol. The smallest absolute Gasteiger partial charge is 0.337 e. The van der Waals surface area contributed by atoms with Crippen molar-refractivity contribution in [2.24, 2.45) is 0 Å². The van der Waals surface area contributed by atoms with Crippen LogP contribution in [0.5, 0.6) is 0 Å². The molecule has 2 rings (SSSR count). The van der Waals surface area contributed by atoms with Crippen LogP contribution in [-0.2, 0) is 4.74 Å². The van der Waals surface area contributed by atoms with Crippen LogP contribution in [0.15, 0.2) is 36.4 Å². The summed E-state index contributed by atoms with van der Waals surface area (Å²) in [5, 5.41) is 13.0. The number of aliphatic hydroxyl groups is 1. The summed E-state index contributed by atoms with van der Waals surface area (Å²) in [4.78, 5) is 23.3. The van der Waals surface area contributed by atoms with Crippen LogP contribution in [0.4, 0.5) is 0 Å². The highest BCUT2D eigenvalue weighted by atomic mass is 16.5. The number of rotatable bonds is 4. The number of amides is 1. The Morgan fingerprint density at radius 3 is 2.52 bits per heavy atom. The molecule has 1 aliphatic carbocycles. The number of hydrogen-bond donors (Lipinski definition) is 2. The predicted molar refractivity (Wildman–Crippen MR) is 78.1 cm³/mol. The van der Waals surface area contributed by atoms with Crippen LogP contribution in [0.3, 0.4) is 0 Å². The Balaban J connectivity index is 1.95. The Labute approximate surface area is 123 Å². The lowest BCUT2D eigenvalue weighted by Gasteiger charge is -2.27. The van der Waals surface area contributed by atoms with Crippen molar-refractivity contribution in [3.63, 3.8) is 0 Å². The van der Waals surface area contributed by atoms with Crippen molar-refractivity contribution in [1.29, 1.82) is 0 Å². The molecule has 1 unspecified atom stereocenters. The Bertz CT molecular complexity index is 550. The summed E-state index contributed by atoms with van der Waals surface area (Å²) in [6, 6.07) is 6.19. The Morgan fingerprint density at radius 1 is 1.29 bits per heavy atom. The van der Waals surface area contributed by atoms with Crippen LogP contribution in [0.25, 0.3) is 0 Å². The van der Waals surface area contributed by atoms with Crippen molar-refractivity contribution in [1.82, 2.24) is 5.32 Å². The van der Waals surface area contributed by atoms with Gasteiger partial charge in [0.2, 0.25) is 0 Å². The van der Waals surface area contributed by atoms with Crippen molar-refractivity contribution < 1.29 is 19.4 Å². The molecule has 0 bridgehead atoms. The second-order valence-electron chi connectivity index (χ2n) is 5.15. The number of methoxy groups -OCH3 is 1. The van der Waals surface area contributed by atoms with Gasteiger partial charge in [-0.15, -0.1) is 0 Å². The molecule has 0 aromatic heterocycles. The van der Waals surface area contributed by atoms with Gasteiger partial charge >= 0.3 is 5.97 Å². The van der Waals surface area contributed by atoms with Crippen LogP contribution in [0, 0.1) is 0 Å². The molecule has 5 nitrogen and oxygen atoms in total. The lowest BCUT2D eigenvalue weighted by Crippen LogP contribution is -2.42. The maximum atomic E-state index is 12.0. The van der Waals surface area contributed by atoms with Crippen LogP contribution in [-0.4, -0.2) is 36.2 Å². The molecule has 21 heavy (non-hydrogen) atoms. The normalized spacial score (nSPS) is 20.9. The van der Waals surface area contributed by atoms with Crippen molar-refractivity contribution in [3.05, 3.63) is 47.5 Å². The summed E-state index contributed by atoms with van der Waals surface area (Å²) in [6.07, 6.45) is 6.20. The van der Waals surface area contributed by atoms with Gasteiger partial charge in [-0.3, -0.25) is 4.79 Å². The predicted octanol–water partition coefficient (Wildman–Crippen LogP) is 1.67. The van der Waals surface area contributed by atoms with Gasteiger partial charge in [-0.2, -0.15) is 0 Å². The largest absolute Gasteiger partial charge is 0.465 e. The first-order chi connectivity index (χ1) is 10.0. The van der Waals surface area contributed by atoms with E-state index in [9.17, 15) is 14.7 Å². The minimum absolute atomic E-state index is 0.182. The molecule has 0 saturated carbocycles. The zero-order valence-corrected chi connectivity index (χ0v) is 12.0. The second kappa shape index (κ2) is 6.54. The highest BCUT2D eigenvalue weighted by Crippen LogP contribution is 2.21. The van der Waals surface area contributed by atoms with Crippen LogP contribution in [0.1, 0.15) is 40.0 Å². The van der Waals surface area contributed by atoms with Gasteiger partial charge in [0.05, 0.1) is 24.8 Å². The van der Waals surface area contributed by atoms with Crippen LogP contribution < -0.4 is 5.32 Å². The molecule has 5 heteroatoms. The van der Waals surface area contributed by atoms with Gasteiger partial charge in [-0.25, -0.2) is 4.79 Å². The average molecular weight is 289 g/mol.